The summed E-state index contributed by atoms with van der Waals surface area (Å²) in [6.45, 7) is 0.903. The van der Waals surface area contributed by atoms with Gasteiger partial charge in [-0.25, -0.2) is 0 Å². The molecule has 0 spiro atoms. The second-order valence-electron chi connectivity index (χ2n) is 4.11. The molecule has 1 aromatic rings. The minimum atomic E-state index is 0.173. The van der Waals surface area contributed by atoms with E-state index < -0.39 is 0 Å². The highest BCUT2D eigenvalue weighted by atomic mass is 16.5. The lowest BCUT2D eigenvalue weighted by Gasteiger charge is -2.14. The SMILES string of the molecule is COc1ccc2c(c1)C(=O)N1CCCC21. The molecule has 1 fully saturated rings. The van der Waals surface area contributed by atoms with E-state index in [1.807, 2.05) is 23.1 Å². The normalized spacial score (nSPS) is 22.9. The highest BCUT2D eigenvalue weighted by Gasteiger charge is 2.39. The molecule has 0 aromatic heterocycles. The molecule has 0 radical (unpaired) electrons. The van der Waals surface area contributed by atoms with Crippen molar-refractivity contribution in [1.82, 2.24) is 4.90 Å². The van der Waals surface area contributed by atoms with Crippen LogP contribution in [0.4, 0.5) is 0 Å². The van der Waals surface area contributed by atoms with Crippen molar-refractivity contribution in [1.29, 1.82) is 0 Å². The fourth-order valence-corrected chi connectivity index (χ4v) is 2.63. The first-order valence-corrected chi connectivity index (χ1v) is 5.30. The van der Waals surface area contributed by atoms with Gasteiger partial charge in [-0.1, -0.05) is 6.07 Å². The third-order valence-electron chi connectivity index (χ3n) is 3.36. The summed E-state index contributed by atoms with van der Waals surface area (Å²) >= 11 is 0. The number of fused-ring (bicyclic) bond motifs is 3. The number of hydrogen-bond donors (Lipinski definition) is 0. The molecule has 1 unspecified atom stereocenters. The van der Waals surface area contributed by atoms with Crippen molar-refractivity contribution in [2.45, 2.75) is 18.9 Å². The number of amides is 1. The summed E-state index contributed by atoms with van der Waals surface area (Å²) in [6.07, 6.45) is 2.23. The smallest absolute Gasteiger partial charge is 0.254 e. The zero-order chi connectivity index (χ0) is 10.4. The van der Waals surface area contributed by atoms with Crippen molar-refractivity contribution in [3.05, 3.63) is 29.3 Å². The Labute approximate surface area is 88.6 Å². The van der Waals surface area contributed by atoms with Crippen LogP contribution in [0.5, 0.6) is 5.75 Å². The van der Waals surface area contributed by atoms with Gasteiger partial charge in [-0.3, -0.25) is 4.79 Å². The molecule has 2 aliphatic heterocycles. The fraction of sp³-hybridized carbons (Fsp3) is 0.417. The Morgan fingerprint density at radius 1 is 1.47 bits per heavy atom. The Balaban J connectivity index is 2.11. The van der Waals surface area contributed by atoms with Crippen LogP contribution < -0.4 is 4.74 Å². The molecule has 0 N–H and O–H groups in total. The minimum Gasteiger partial charge on any atom is -0.497 e. The lowest BCUT2D eigenvalue weighted by molar-refractivity contribution is 0.0776. The summed E-state index contributed by atoms with van der Waals surface area (Å²) in [5.74, 6) is 0.940. The van der Waals surface area contributed by atoms with Crippen LogP contribution in [0.1, 0.15) is 34.8 Å². The van der Waals surface area contributed by atoms with Crippen LogP contribution in [0.2, 0.25) is 0 Å². The van der Waals surface area contributed by atoms with Crippen LogP contribution in [-0.4, -0.2) is 24.5 Å². The second-order valence-corrected chi connectivity index (χ2v) is 4.11. The van der Waals surface area contributed by atoms with Crippen molar-refractivity contribution in [2.24, 2.45) is 0 Å². The molecular formula is C12H13NO2. The molecular weight excluding hydrogens is 190 g/mol. The van der Waals surface area contributed by atoms with Gasteiger partial charge in [-0.15, -0.1) is 0 Å². The largest absolute Gasteiger partial charge is 0.497 e. The number of rotatable bonds is 1. The van der Waals surface area contributed by atoms with Gasteiger partial charge in [0.2, 0.25) is 0 Å². The molecule has 1 saturated heterocycles. The number of carbonyl (C=O) groups is 1. The van der Waals surface area contributed by atoms with E-state index in [0.717, 1.165) is 30.7 Å². The molecule has 1 aromatic carbocycles. The lowest BCUT2D eigenvalue weighted by Crippen LogP contribution is -2.22. The molecule has 3 rings (SSSR count). The van der Waals surface area contributed by atoms with Crippen LogP contribution in [0.3, 0.4) is 0 Å². The minimum absolute atomic E-state index is 0.173. The number of ether oxygens (including phenoxy) is 1. The third kappa shape index (κ3) is 1.09. The zero-order valence-corrected chi connectivity index (χ0v) is 8.69. The molecule has 0 aliphatic carbocycles. The van der Waals surface area contributed by atoms with Crippen molar-refractivity contribution >= 4 is 5.91 Å². The number of carbonyl (C=O) groups excluding carboxylic acids is 1. The Kier molecular flexibility index (Phi) is 1.75. The van der Waals surface area contributed by atoms with Gasteiger partial charge in [0.25, 0.3) is 5.91 Å². The molecule has 2 aliphatic rings. The van der Waals surface area contributed by atoms with Gasteiger partial charge < -0.3 is 9.64 Å². The average Bonchev–Trinajstić information content (AvgIpc) is 2.83. The molecule has 2 heterocycles. The quantitative estimate of drug-likeness (QED) is 0.698. The van der Waals surface area contributed by atoms with Crippen molar-refractivity contribution in [2.75, 3.05) is 13.7 Å². The first-order valence-electron chi connectivity index (χ1n) is 5.30. The second kappa shape index (κ2) is 2.99. The lowest BCUT2D eigenvalue weighted by atomic mass is 10.0. The molecule has 0 saturated carbocycles. The summed E-state index contributed by atoms with van der Waals surface area (Å²) in [5, 5.41) is 0. The highest BCUT2D eigenvalue weighted by molar-refractivity contribution is 5.99. The Morgan fingerprint density at radius 3 is 3.13 bits per heavy atom. The standard InChI is InChI=1S/C12H13NO2/c1-15-8-4-5-9-10(7-8)12(14)13-6-2-3-11(9)13/h4-5,7,11H,2-3,6H2,1H3. The van der Waals surface area contributed by atoms with Crippen LogP contribution in [-0.2, 0) is 0 Å². The van der Waals surface area contributed by atoms with Crippen molar-refractivity contribution < 1.29 is 9.53 Å². The van der Waals surface area contributed by atoms with Crippen molar-refractivity contribution in [3.63, 3.8) is 0 Å². The summed E-state index contributed by atoms with van der Waals surface area (Å²) < 4.78 is 5.14. The maximum absolute atomic E-state index is 12.0. The van der Waals surface area contributed by atoms with E-state index in [0.29, 0.717) is 6.04 Å². The van der Waals surface area contributed by atoms with E-state index in [-0.39, 0.29) is 5.91 Å². The van der Waals surface area contributed by atoms with Gasteiger partial charge in [-0.05, 0) is 30.5 Å². The topological polar surface area (TPSA) is 29.5 Å². The van der Waals surface area contributed by atoms with Crippen LogP contribution >= 0.6 is 0 Å². The predicted molar refractivity (Wildman–Crippen MR) is 56.0 cm³/mol. The predicted octanol–water partition coefficient (Wildman–Crippen LogP) is 1.99. The zero-order valence-electron chi connectivity index (χ0n) is 8.69. The Morgan fingerprint density at radius 2 is 2.33 bits per heavy atom. The van der Waals surface area contributed by atoms with E-state index in [1.165, 1.54) is 5.56 Å². The third-order valence-corrected chi connectivity index (χ3v) is 3.36. The van der Waals surface area contributed by atoms with Gasteiger partial charge in [0, 0.05) is 12.1 Å². The summed E-state index contributed by atoms with van der Waals surface area (Å²) in [6, 6.07) is 6.16. The fourth-order valence-electron chi connectivity index (χ4n) is 2.63. The number of nitrogens with zero attached hydrogens (tertiary/aromatic N) is 1. The first kappa shape index (κ1) is 8.77. The molecule has 1 amide bonds. The summed E-state index contributed by atoms with van der Waals surface area (Å²) in [5.41, 5.74) is 2.01. The van der Waals surface area contributed by atoms with Gasteiger partial charge in [0.05, 0.1) is 13.2 Å². The monoisotopic (exact) mass is 203 g/mol. The van der Waals surface area contributed by atoms with E-state index in [1.54, 1.807) is 7.11 Å². The molecule has 3 nitrogen and oxygen atoms in total. The highest BCUT2D eigenvalue weighted by Crippen LogP contribution is 2.41. The van der Waals surface area contributed by atoms with Crippen LogP contribution in [0.15, 0.2) is 18.2 Å². The molecule has 0 bridgehead atoms. The van der Waals surface area contributed by atoms with E-state index >= 15 is 0 Å². The van der Waals surface area contributed by atoms with E-state index in [9.17, 15) is 4.79 Å². The van der Waals surface area contributed by atoms with Gasteiger partial charge in [0.15, 0.2) is 0 Å². The van der Waals surface area contributed by atoms with Gasteiger partial charge >= 0.3 is 0 Å². The summed E-state index contributed by atoms with van der Waals surface area (Å²) in [4.78, 5) is 14.0. The molecule has 78 valence electrons. The molecule has 15 heavy (non-hydrogen) atoms. The van der Waals surface area contributed by atoms with Crippen molar-refractivity contribution in [3.8, 4) is 5.75 Å². The van der Waals surface area contributed by atoms with Crippen LogP contribution in [0.25, 0.3) is 0 Å². The average molecular weight is 203 g/mol. The maximum atomic E-state index is 12.0. The van der Waals surface area contributed by atoms with E-state index in [2.05, 4.69) is 0 Å². The van der Waals surface area contributed by atoms with Crippen LogP contribution in [0, 0.1) is 0 Å². The Hall–Kier alpha value is -1.51. The number of benzene rings is 1. The van der Waals surface area contributed by atoms with Gasteiger partial charge in [-0.2, -0.15) is 0 Å². The Bertz CT molecular complexity index is 428. The molecule has 1 atom stereocenters. The van der Waals surface area contributed by atoms with E-state index in [4.69, 9.17) is 4.74 Å². The maximum Gasteiger partial charge on any atom is 0.254 e. The number of methoxy groups -OCH3 is 1. The molecule has 3 heteroatoms. The summed E-state index contributed by atoms with van der Waals surface area (Å²) in [7, 11) is 1.63. The number of hydrogen-bond acceptors (Lipinski definition) is 2. The van der Waals surface area contributed by atoms with Gasteiger partial charge in [0.1, 0.15) is 5.75 Å². The first-order chi connectivity index (χ1) is 7.31.